The molecule has 2 fully saturated rings. The first-order valence-electron chi connectivity index (χ1n) is 11.7. The number of hydrogen-bond donors (Lipinski definition) is 2. The van der Waals surface area contributed by atoms with Gasteiger partial charge in [-0.2, -0.15) is 0 Å². The van der Waals surface area contributed by atoms with Gasteiger partial charge in [0, 0.05) is 27.2 Å². The molecule has 2 aliphatic heterocycles. The number of fused-ring (bicyclic) bond motifs is 1. The summed E-state index contributed by atoms with van der Waals surface area (Å²) in [7, 11) is 2.68. The number of rotatable bonds is 11. The highest BCUT2D eigenvalue weighted by Gasteiger charge is 2.55. The summed E-state index contributed by atoms with van der Waals surface area (Å²) in [5.41, 5.74) is 0.929. The smallest absolute Gasteiger partial charge is 0.407 e. The number of ether oxygens (including phenoxy) is 7. The Balaban J connectivity index is 1.33. The van der Waals surface area contributed by atoms with Crippen LogP contribution in [-0.4, -0.2) is 87.6 Å². The Kier molecular flexibility index (Phi) is 10.3. The Labute approximate surface area is 204 Å². The summed E-state index contributed by atoms with van der Waals surface area (Å²) in [6, 6.07) is 9.47. The van der Waals surface area contributed by atoms with E-state index in [1.165, 1.54) is 21.1 Å². The van der Waals surface area contributed by atoms with Crippen molar-refractivity contribution < 1.29 is 47.9 Å². The van der Waals surface area contributed by atoms with Crippen molar-refractivity contribution in [3.63, 3.8) is 0 Å². The number of unbranched alkanes of at least 4 members (excludes halogenated alkanes) is 2. The van der Waals surface area contributed by atoms with E-state index in [-0.39, 0.29) is 13.2 Å². The van der Waals surface area contributed by atoms with Crippen LogP contribution in [0, 0.1) is 0 Å². The molecule has 6 atom stereocenters. The van der Waals surface area contributed by atoms with Crippen LogP contribution in [0.25, 0.3) is 0 Å². The van der Waals surface area contributed by atoms with Gasteiger partial charge in [-0.15, -0.1) is 0 Å². The van der Waals surface area contributed by atoms with Gasteiger partial charge in [0.2, 0.25) is 0 Å². The van der Waals surface area contributed by atoms with Crippen molar-refractivity contribution in [3.05, 3.63) is 35.9 Å². The van der Waals surface area contributed by atoms with Crippen molar-refractivity contribution in [2.45, 2.75) is 69.3 Å². The minimum Gasteiger partial charge on any atom is -0.465 e. The second-order valence-corrected chi connectivity index (χ2v) is 8.48. The molecule has 2 heterocycles. The predicted octanol–water partition coefficient (Wildman–Crippen LogP) is 1.51. The molecule has 2 aliphatic rings. The lowest BCUT2D eigenvalue weighted by Crippen LogP contribution is -2.67. The third kappa shape index (κ3) is 7.35. The van der Waals surface area contributed by atoms with Crippen LogP contribution in [0.5, 0.6) is 0 Å². The maximum Gasteiger partial charge on any atom is 0.407 e. The van der Waals surface area contributed by atoms with Crippen molar-refractivity contribution in [2.24, 2.45) is 0 Å². The molecule has 0 radical (unpaired) electrons. The summed E-state index contributed by atoms with van der Waals surface area (Å²) in [5.74, 6) is -2.29. The van der Waals surface area contributed by atoms with Crippen LogP contribution in [0.4, 0.5) is 4.79 Å². The van der Waals surface area contributed by atoms with Crippen LogP contribution in [0.15, 0.2) is 30.3 Å². The Morgan fingerprint density at radius 1 is 1.17 bits per heavy atom. The van der Waals surface area contributed by atoms with Crippen molar-refractivity contribution in [2.75, 3.05) is 34.0 Å². The lowest BCUT2D eigenvalue weighted by Gasteiger charge is -2.49. The topological polar surface area (TPSA) is 131 Å². The standard InChI is InChI=1S/C24H35NO10/c1-24(22(27)30-3)33-15-17-19(35-24)20(29-2)18(26)21(34-17)31-13-9-5-8-12-25-23(28)32-14-16-10-6-4-7-11-16/h4,6-7,10-11,17-21,26H,5,8-9,12-15H2,1-3H3,(H,25,28)/t17-,18-,19-,20-,21-,24+/m1/s1. The number of amides is 1. The fourth-order valence-electron chi connectivity index (χ4n) is 3.97. The van der Waals surface area contributed by atoms with Crippen molar-refractivity contribution >= 4 is 12.1 Å². The molecule has 0 bridgehead atoms. The molecule has 35 heavy (non-hydrogen) atoms. The van der Waals surface area contributed by atoms with E-state index in [1.54, 1.807) is 0 Å². The summed E-state index contributed by atoms with van der Waals surface area (Å²) < 4.78 is 38.2. The summed E-state index contributed by atoms with van der Waals surface area (Å²) in [6.45, 7) is 2.56. The second-order valence-electron chi connectivity index (χ2n) is 8.48. The quantitative estimate of drug-likeness (QED) is 0.343. The third-order valence-corrected chi connectivity index (χ3v) is 5.91. The molecule has 0 unspecified atom stereocenters. The zero-order valence-corrected chi connectivity index (χ0v) is 20.3. The molecule has 1 aromatic carbocycles. The molecule has 11 heteroatoms. The molecule has 1 aromatic rings. The van der Waals surface area contributed by atoms with E-state index in [4.69, 9.17) is 33.2 Å². The lowest BCUT2D eigenvalue weighted by molar-refractivity contribution is -0.381. The molecule has 0 saturated carbocycles. The highest BCUT2D eigenvalue weighted by molar-refractivity contribution is 5.77. The largest absolute Gasteiger partial charge is 0.465 e. The van der Waals surface area contributed by atoms with Gasteiger partial charge in [-0.25, -0.2) is 9.59 Å². The Morgan fingerprint density at radius 3 is 2.66 bits per heavy atom. The number of aliphatic hydroxyl groups is 1. The van der Waals surface area contributed by atoms with Crippen molar-refractivity contribution in [1.82, 2.24) is 5.32 Å². The van der Waals surface area contributed by atoms with Crippen LogP contribution in [0.2, 0.25) is 0 Å². The van der Waals surface area contributed by atoms with E-state index in [9.17, 15) is 14.7 Å². The van der Waals surface area contributed by atoms with Crippen LogP contribution < -0.4 is 5.32 Å². The molecule has 0 aliphatic carbocycles. The van der Waals surface area contributed by atoms with Gasteiger partial charge in [-0.1, -0.05) is 30.3 Å². The molecule has 2 saturated heterocycles. The molecule has 2 N–H and O–H groups in total. The number of hydrogen-bond acceptors (Lipinski definition) is 10. The summed E-state index contributed by atoms with van der Waals surface area (Å²) in [4.78, 5) is 23.8. The van der Waals surface area contributed by atoms with E-state index >= 15 is 0 Å². The number of carbonyl (C=O) groups excluding carboxylic acids is 2. The maximum atomic E-state index is 12.0. The molecule has 196 valence electrons. The van der Waals surface area contributed by atoms with Gasteiger partial charge in [-0.3, -0.25) is 0 Å². The maximum absolute atomic E-state index is 12.0. The number of alkyl carbamates (subject to hydrolysis) is 1. The van der Waals surface area contributed by atoms with Crippen LogP contribution in [0.1, 0.15) is 31.7 Å². The van der Waals surface area contributed by atoms with E-state index < -0.39 is 48.6 Å². The highest BCUT2D eigenvalue weighted by atomic mass is 16.8. The van der Waals surface area contributed by atoms with E-state index in [0.717, 1.165) is 18.4 Å². The minimum atomic E-state index is -1.61. The minimum absolute atomic E-state index is 0.0503. The van der Waals surface area contributed by atoms with Gasteiger partial charge in [0.05, 0.1) is 13.7 Å². The number of carbonyl (C=O) groups is 2. The van der Waals surface area contributed by atoms with Gasteiger partial charge in [0.25, 0.3) is 5.79 Å². The van der Waals surface area contributed by atoms with Gasteiger partial charge in [0.15, 0.2) is 6.29 Å². The zero-order chi connectivity index (χ0) is 25.3. The number of nitrogens with one attached hydrogen (secondary N) is 1. The monoisotopic (exact) mass is 497 g/mol. The fourth-order valence-corrected chi connectivity index (χ4v) is 3.97. The van der Waals surface area contributed by atoms with E-state index in [0.29, 0.717) is 19.6 Å². The number of aliphatic hydroxyl groups excluding tert-OH is 1. The number of methoxy groups -OCH3 is 2. The summed E-state index contributed by atoms with van der Waals surface area (Å²) >= 11 is 0. The van der Waals surface area contributed by atoms with Gasteiger partial charge >= 0.3 is 12.1 Å². The molecular formula is C24H35NO10. The van der Waals surface area contributed by atoms with Gasteiger partial charge < -0.3 is 43.6 Å². The van der Waals surface area contributed by atoms with Gasteiger partial charge in [0.1, 0.15) is 31.0 Å². The predicted molar refractivity (Wildman–Crippen MR) is 121 cm³/mol. The lowest BCUT2D eigenvalue weighted by atomic mass is 9.97. The summed E-state index contributed by atoms with van der Waals surface area (Å²) in [6.07, 6.45) is -2.36. The molecular weight excluding hydrogens is 462 g/mol. The Bertz CT molecular complexity index is 809. The second kappa shape index (κ2) is 13.1. The third-order valence-electron chi connectivity index (χ3n) is 5.91. The average Bonchev–Trinajstić information content (AvgIpc) is 2.87. The molecule has 0 spiro atoms. The molecule has 1 amide bonds. The van der Waals surface area contributed by atoms with E-state index in [2.05, 4.69) is 5.32 Å². The first kappa shape index (κ1) is 27.3. The molecule has 0 aromatic heterocycles. The normalized spacial score (nSPS) is 30.2. The summed E-state index contributed by atoms with van der Waals surface area (Å²) in [5, 5.41) is 13.4. The number of benzene rings is 1. The zero-order valence-electron chi connectivity index (χ0n) is 20.3. The first-order chi connectivity index (χ1) is 16.9. The number of esters is 1. The molecule has 11 nitrogen and oxygen atoms in total. The first-order valence-corrected chi connectivity index (χ1v) is 11.7. The molecule has 3 rings (SSSR count). The highest BCUT2D eigenvalue weighted by Crippen LogP contribution is 2.34. The Hall–Kier alpha value is -2.28. The average molecular weight is 498 g/mol. The Morgan fingerprint density at radius 2 is 1.94 bits per heavy atom. The fraction of sp³-hybridized carbons (Fsp3) is 0.667. The van der Waals surface area contributed by atoms with Crippen molar-refractivity contribution in [3.8, 4) is 0 Å². The van der Waals surface area contributed by atoms with Crippen LogP contribution in [-0.2, 0) is 44.6 Å². The SMILES string of the molecule is COC(=O)[C@@]1(C)OC[C@H]2O[C@@H](OCCCCCNC(=O)OCc3ccccc3)[C@H](O)[C@@H](OC)[C@@H]2O1. The van der Waals surface area contributed by atoms with Crippen molar-refractivity contribution in [1.29, 1.82) is 0 Å². The van der Waals surface area contributed by atoms with E-state index in [1.807, 2.05) is 30.3 Å². The van der Waals surface area contributed by atoms with Crippen LogP contribution in [0.3, 0.4) is 0 Å². The van der Waals surface area contributed by atoms with Crippen LogP contribution >= 0.6 is 0 Å². The van der Waals surface area contributed by atoms with Gasteiger partial charge in [-0.05, 0) is 24.8 Å².